The summed E-state index contributed by atoms with van der Waals surface area (Å²) in [4.78, 5) is 26.0. The van der Waals surface area contributed by atoms with Crippen LogP contribution in [0.25, 0.3) is 0 Å². The fraction of sp³-hybridized carbons (Fsp3) is 0.263. The molecule has 2 aromatic rings. The maximum absolute atomic E-state index is 12.3. The van der Waals surface area contributed by atoms with Gasteiger partial charge in [0.05, 0.1) is 20.3 Å². The molecule has 0 bridgehead atoms. The van der Waals surface area contributed by atoms with Crippen molar-refractivity contribution in [1.29, 1.82) is 0 Å². The van der Waals surface area contributed by atoms with Gasteiger partial charge in [-0.25, -0.2) is 10.2 Å². The molecule has 8 heteroatoms. The Morgan fingerprint density at radius 2 is 1.63 bits per heavy atom. The number of hydrogen-bond donors (Lipinski definition) is 2. The number of ether oxygens (including phenoxy) is 2. The predicted octanol–water partition coefficient (Wildman–Crippen LogP) is 3.40. The maximum atomic E-state index is 12.3. The second-order valence-electron chi connectivity index (χ2n) is 5.79. The van der Waals surface area contributed by atoms with Gasteiger partial charge in [0, 0.05) is 17.6 Å². The molecule has 144 valence electrons. The van der Waals surface area contributed by atoms with Crippen LogP contribution in [-0.2, 0) is 0 Å². The number of hydrazine groups is 1. The van der Waals surface area contributed by atoms with E-state index in [9.17, 15) is 9.59 Å². The van der Waals surface area contributed by atoms with Gasteiger partial charge in [0.25, 0.3) is 5.91 Å². The Hall–Kier alpha value is -2.93. The maximum Gasteiger partial charge on any atom is 0.336 e. The molecule has 0 spiro atoms. The van der Waals surface area contributed by atoms with Crippen molar-refractivity contribution in [2.24, 2.45) is 0 Å². The Labute approximate surface area is 163 Å². The first-order valence-electron chi connectivity index (χ1n) is 8.18. The normalized spacial score (nSPS) is 11.3. The van der Waals surface area contributed by atoms with Crippen molar-refractivity contribution < 1.29 is 19.1 Å². The van der Waals surface area contributed by atoms with Crippen LogP contribution in [-0.4, -0.2) is 38.1 Å². The van der Waals surface area contributed by atoms with E-state index in [4.69, 9.17) is 21.1 Å². The summed E-state index contributed by atoms with van der Waals surface area (Å²) in [5.41, 5.74) is 6.02. The molecule has 3 amide bonds. The van der Waals surface area contributed by atoms with Crippen molar-refractivity contribution in [3.05, 3.63) is 58.6 Å². The van der Waals surface area contributed by atoms with E-state index in [2.05, 4.69) is 10.9 Å². The van der Waals surface area contributed by atoms with Crippen LogP contribution in [0.2, 0.25) is 5.02 Å². The minimum absolute atomic E-state index is 0.208. The highest BCUT2D eigenvalue weighted by molar-refractivity contribution is 6.30. The number of benzene rings is 2. The van der Waals surface area contributed by atoms with Crippen molar-refractivity contribution in [3.63, 3.8) is 0 Å². The summed E-state index contributed by atoms with van der Waals surface area (Å²) in [6.45, 7) is 1.87. The van der Waals surface area contributed by atoms with E-state index >= 15 is 0 Å². The lowest BCUT2D eigenvalue weighted by molar-refractivity contribution is 0.0928. The summed E-state index contributed by atoms with van der Waals surface area (Å²) < 4.78 is 10.3. The minimum atomic E-state index is -0.475. The third-order valence-electron chi connectivity index (χ3n) is 4.18. The molecule has 0 saturated carbocycles. The molecule has 1 atom stereocenters. The summed E-state index contributed by atoms with van der Waals surface area (Å²) >= 11 is 5.88. The molecule has 27 heavy (non-hydrogen) atoms. The fourth-order valence-electron chi connectivity index (χ4n) is 2.39. The van der Waals surface area contributed by atoms with Crippen LogP contribution in [0.3, 0.4) is 0 Å². The van der Waals surface area contributed by atoms with Gasteiger partial charge in [0.1, 0.15) is 0 Å². The molecule has 0 aromatic heterocycles. The molecule has 0 aliphatic heterocycles. The van der Waals surface area contributed by atoms with Crippen LogP contribution in [0.1, 0.15) is 28.9 Å². The number of methoxy groups -OCH3 is 2. The molecule has 2 rings (SSSR count). The molecule has 2 N–H and O–H groups in total. The Balaban J connectivity index is 1.97. The summed E-state index contributed by atoms with van der Waals surface area (Å²) in [7, 11) is 4.63. The molecular weight excluding hydrogens is 370 g/mol. The predicted molar refractivity (Wildman–Crippen MR) is 103 cm³/mol. The van der Waals surface area contributed by atoms with Crippen LogP contribution in [0.4, 0.5) is 4.79 Å². The van der Waals surface area contributed by atoms with E-state index in [0.717, 1.165) is 5.56 Å². The van der Waals surface area contributed by atoms with Gasteiger partial charge in [0.2, 0.25) is 0 Å². The van der Waals surface area contributed by atoms with Crippen LogP contribution in [0, 0.1) is 0 Å². The number of urea groups is 1. The highest BCUT2D eigenvalue weighted by Crippen LogP contribution is 2.27. The first-order valence-corrected chi connectivity index (χ1v) is 8.55. The van der Waals surface area contributed by atoms with E-state index in [-0.39, 0.29) is 6.04 Å². The Bertz CT molecular complexity index is 811. The number of amides is 3. The molecule has 0 fully saturated rings. The smallest absolute Gasteiger partial charge is 0.336 e. The summed E-state index contributed by atoms with van der Waals surface area (Å²) in [5.74, 6) is 0.455. The lowest BCUT2D eigenvalue weighted by Gasteiger charge is -2.25. The quantitative estimate of drug-likeness (QED) is 0.765. The summed E-state index contributed by atoms with van der Waals surface area (Å²) in [6, 6.07) is 11.3. The van der Waals surface area contributed by atoms with Gasteiger partial charge >= 0.3 is 6.03 Å². The third-order valence-corrected chi connectivity index (χ3v) is 4.43. The van der Waals surface area contributed by atoms with Crippen molar-refractivity contribution in [2.75, 3.05) is 21.3 Å². The number of nitrogens with zero attached hydrogens (tertiary/aromatic N) is 1. The van der Waals surface area contributed by atoms with Gasteiger partial charge in [-0.3, -0.25) is 10.2 Å². The van der Waals surface area contributed by atoms with Gasteiger partial charge in [-0.15, -0.1) is 0 Å². The number of halogens is 1. The van der Waals surface area contributed by atoms with Gasteiger partial charge in [-0.2, -0.15) is 0 Å². The minimum Gasteiger partial charge on any atom is -0.493 e. The average molecular weight is 392 g/mol. The van der Waals surface area contributed by atoms with Crippen molar-refractivity contribution in [1.82, 2.24) is 15.8 Å². The van der Waals surface area contributed by atoms with Gasteiger partial charge in [-0.05, 0) is 42.8 Å². The molecule has 2 aromatic carbocycles. The molecule has 0 aliphatic carbocycles. The highest BCUT2D eigenvalue weighted by Gasteiger charge is 2.18. The largest absolute Gasteiger partial charge is 0.493 e. The molecule has 0 radical (unpaired) electrons. The number of rotatable bonds is 5. The van der Waals surface area contributed by atoms with Crippen LogP contribution >= 0.6 is 11.6 Å². The van der Waals surface area contributed by atoms with E-state index < -0.39 is 11.9 Å². The van der Waals surface area contributed by atoms with Gasteiger partial charge < -0.3 is 14.4 Å². The van der Waals surface area contributed by atoms with E-state index in [1.165, 1.54) is 25.2 Å². The standard InChI is InChI=1S/C19H22ClN3O4/c1-12(13-5-8-15(20)9-6-13)23(2)19(25)22-21-18(24)14-7-10-16(26-3)17(11-14)27-4/h5-12H,1-4H3,(H,21,24)(H,22,25). The van der Waals surface area contributed by atoms with E-state index in [0.29, 0.717) is 22.1 Å². The van der Waals surface area contributed by atoms with Crippen molar-refractivity contribution >= 4 is 23.5 Å². The van der Waals surface area contributed by atoms with Crippen LogP contribution in [0.5, 0.6) is 11.5 Å². The van der Waals surface area contributed by atoms with E-state index in [1.807, 2.05) is 19.1 Å². The molecular formula is C19H22ClN3O4. The number of carbonyl (C=O) groups excluding carboxylic acids is 2. The number of hydrogen-bond acceptors (Lipinski definition) is 4. The van der Waals surface area contributed by atoms with Crippen LogP contribution < -0.4 is 20.3 Å². The Morgan fingerprint density at radius 3 is 2.22 bits per heavy atom. The first-order chi connectivity index (χ1) is 12.9. The van der Waals surface area contributed by atoms with Crippen molar-refractivity contribution in [2.45, 2.75) is 13.0 Å². The van der Waals surface area contributed by atoms with Crippen LogP contribution in [0.15, 0.2) is 42.5 Å². The first kappa shape index (κ1) is 20.4. The van der Waals surface area contributed by atoms with Crippen molar-refractivity contribution in [3.8, 4) is 11.5 Å². The zero-order valence-corrected chi connectivity index (χ0v) is 16.3. The molecule has 0 heterocycles. The Kier molecular flexibility index (Phi) is 6.90. The van der Waals surface area contributed by atoms with Gasteiger partial charge in [-0.1, -0.05) is 23.7 Å². The molecule has 0 aliphatic rings. The van der Waals surface area contributed by atoms with Gasteiger partial charge in [0.15, 0.2) is 11.5 Å². The molecule has 1 unspecified atom stereocenters. The third kappa shape index (κ3) is 5.04. The lowest BCUT2D eigenvalue weighted by Crippen LogP contribution is -2.48. The zero-order valence-electron chi connectivity index (χ0n) is 15.6. The summed E-state index contributed by atoms with van der Waals surface area (Å²) in [6.07, 6.45) is 0. The zero-order chi connectivity index (χ0) is 20.0. The average Bonchev–Trinajstić information content (AvgIpc) is 2.70. The fourth-order valence-corrected chi connectivity index (χ4v) is 2.51. The molecule has 0 saturated heterocycles. The summed E-state index contributed by atoms with van der Waals surface area (Å²) in [5, 5.41) is 0.625. The SMILES string of the molecule is COc1ccc(C(=O)NNC(=O)N(C)C(C)c2ccc(Cl)cc2)cc1OC. The Morgan fingerprint density at radius 1 is 1.00 bits per heavy atom. The highest BCUT2D eigenvalue weighted by atomic mass is 35.5. The lowest BCUT2D eigenvalue weighted by atomic mass is 10.1. The second kappa shape index (κ2) is 9.14. The molecule has 7 nitrogen and oxygen atoms in total. The second-order valence-corrected chi connectivity index (χ2v) is 6.23. The topological polar surface area (TPSA) is 79.9 Å². The number of nitrogens with one attached hydrogen (secondary N) is 2. The van der Waals surface area contributed by atoms with E-state index in [1.54, 1.807) is 31.3 Å². The monoisotopic (exact) mass is 391 g/mol. The number of carbonyl (C=O) groups is 2.